The molecule has 0 aliphatic carbocycles. The number of carbonyl (C=O) groups is 1. The largest absolute Gasteiger partial charge is 0.303 e. The van der Waals surface area contributed by atoms with Crippen molar-refractivity contribution < 1.29 is 4.79 Å². The summed E-state index contributed by atoms with van der Waals surface area (Å²) >= 11 is 0. The van der Waals surface area contributed by atoms with Crippen molar-refractivity contribution in [1.29, 1.82) is 0 Å². The lowest BCUT2D eigenvalue weighted by Crippen LogP contribution is -2.04. The molecule has 0 saturated carbocycles. The maximum atomic E-state index is 11.5. The van der Waals surface area contributed by atoms with Gasteiger partial charge in [-0.2, -0.15) is 5.10 Å². The van der Waals surface area contributed by atoms with Crippen LogP contribution in [0.3, 0.4) is 0 Å². The van der Waals surface area contributed by atoms with E-state index in [1.54, 1.807) is 11.2 Å². The molecule has 3 nitrogen and oxygen atoms in total. The van der Waals surface area contributed by atoms with Gasteiger partial charge in [-0.1, -0.05) is 30.3 Å². The predicted molar refractivity (Wildman–Crippen MR) is 57.6 cm³/mol. The molecule has 0 amide bonds. The van der Waals surface area contributed by atoms with Crippen LogP contribution < -0.4 is 0 Å². The van der Waals surface area contributed by atoms with E-state index in [9.17, 15) is 4.79 Å². The van der Waals surface area contributed by atoms with E-state index in [2.05, 4.69) is 5.10 Å². The minimum absolute atomic E-state index is 0.0937. The third kappa shape index (κ3) is 3.39. The fourth-order valence-electron chi connectivity index (χ4n) is 1.03. The number of Topliss-reactive ketones (excluding diaryl/α,β-unsaturated/α-hetero) is 1. The third-order valence-electron chi connectivity index (χ3n) is 1.69. The van der Waals surface area contributed by atoms with E-state index in [0.29, 0.717) is 6.42 Å². The fraction of sp³-hybridized carbons (Fsp3) is 0.273. The van der Waals surface area contributed by atoms with Crippen LogP contribution in [0.1, 0.15) is 16.8 Å². The van der Waals surface area contributed by atoms with Crippen molar-refractivity contribution in [3.05, 3.63) is 35.9 Å². The highest BCUT2D eigenvalue weighted by Gasteiger charge is 2.01. The van der Waals surface area contributed by atoms with Crippen LogP contribution >= 0.6 is 0 Å². The van der Waals surface area contributed by atoms with Gasteiger partial charge in [-0.3, -0.25) is 4.79 Å². The van der Waals surface area contributed by atoms with Crippen LogP contribution in [0.25, 0.3) is 0 Å². The lowest BCUT2D eigenvalue weighted by molar-refractivity contribution is 0.100. The van der Waals surface area contributed by atoms with Crippen molar-refractivity contribution >= 4 is 12.0 Å². The standard InChI is InChI=1S/C11H14N2O/c1-13(2)12-9-8-11(14)10-6-4-3-5-7-10/h3-7,9H,8H2,1-2H3/b12-9+. The highest BCUT2D eigenvalue weighted by atomic mass is 16.1. The Hall–Kier alpha value is -1.64. The van der Waals surface area contributed by atoms with Crippen molar-refractivity contribution in [3.8, 4) is 0 Å². The molecule has 0 aliphatic rings. The van der Waals surface area contributed by atoms with E-state index >= 15 is 0 Å². The summed E-state index contributed by atoms with van der Waals surface area (Å²) < 4.78 is 0. The number of ketones is 1. The molecule has 0 unspecified atom stereocenters. The highest BCUT2D eigenvalue weighted by Crippen LogP contribution is 2.01. The molecule has 74 valence electrons. The van der Waals surface area contributed by atoms with Crippen LogP contribution in [0.5, 0.6) is 0 Å². The monoisotopic (exact) mass is 190 g/mol. The molecule has 0 spiro atoms. The van der Waals surface area contributed by atoms with Gasteiger partial charge < -0.3 is 5.01 Å². The molecule has 1 aromatic carbocycles. The zero-order valence-electron chi connectivity index (χ0n) is 8.47. The predicted octanol–water partition coefficient (Wildman–Crippen LogP) is 1.81. The topological polar surface area (TPSA) is 32.7 Å². The van der Waals surface area contributed by atoms with Gasteiger partial charge in [0.25, 0.3) is 0 Å². The first-order chi connectivity index (χ1) is 6.70. The number of hydrogen-bond acceptors (Lipinski definition) is 3. The first-order valence-corrected chi connectivity index (χ1v) is 4.48. The number of carbonyl (C=O) groups excluding carboxylic acids is 1. The molecule has 1 rings (SSSR count). The number of benzene rings is 1. The summed E-state index contributed by atoms with van der Waals surface area (Å²) in [7, 11) is 3.65. The lowest BCUT2D eigenvalue weighted by Gasteiger charge is -2.01. The smallest absolute Gasteiger partial charge is 0.168 e. The van der Waals surface area contributed by atoms with Gasteiger partial charge in [0.2, 0.25) is 0 Å². The van der Waals surface area contributed by atoms with Gasteiger partial charge in [-0.05, 0) is 0 Å². The van der Waals surface area contributed by atoms with E-state index in [1.807, 2.05) is 44.4 Å². The Kier molecular flexibility index (Phi) is 3.85. The lowest BCUT2D eigenvalue weighted by atomic mass is 10.1. The van der Waals surface area contributed by atoms with Crippen LogP contribution in [0.15, 0.2) is 35.4 Å². The van der Waals surface area contributed by atoms with Crippen molar-refractivity contribution in [1.82, 2.24) is 5.01 Å². The second kappa shape index (κ2) is 5.17. The van der Waals surface area contributed by atoms with Gasteiger partial charge in [0.15, 0.2) is 5.78 Å². The van der Waals surface area contributed by atoms with Gasteiger partial charge >= 0.3 is 0 Å². The molecule has 14 heavy (non-hydrogen) atoms. The molecule has 0 radical (unpaired) electrons. The van der Waals surface area contributed by atoms with Gasteiger partial charge in [0.05, 0.1) is 0 Å². The number of hydrazone groups is 1. The van der Waals surface area contributed by atoms with Crippen molar-refractivity contribution in [2.24, 2.45) is 5.10 Å². The molecule has 0 fully saturated rings. The first-order valence-electron chi connectivity index (χ1n) is 4.48. The Balaban J connectivity index is 2.52. The van der Waals surface area contributed by atoms with Crippen molar-refractivity contribution in [3.63, 3.8) is 0 Å². The summed E-state index contributed by atoms with van der Waals surface area (Å²) in [5.74, 6) is 0.0937. The molecule has 0 N–H and O–H groups in total. The summed E-state index contributed by atoms with van der Waals surface area (Å²) in [5, 5.41) is 5.64. The molecule has 1 aromatic rings. The van der Waals surface area contributed by atoms with E-state index < -0.39 is 0 Å². The zero-order chi connectivity index (χ0) is 10.4. The van der Waals surface area contributed by atoms with Gasteiger partial charge in [-0.25, -0.2) is 0 Å². The summed E-state index contributed by atoms with van der Waals surface area (Å²) in [4.78, 5) is 11.5. The van der Waals surface area contributed by atoms with Crippen molar-refractivity contribution in [2.45, 2.75) is 6.42 Å². The highest BCUT2D eigenvalue weighted by molar-refractivity contribution is 6.03. The molecule has 0 heterocycles. The van der Waals surface area contributed by atoms with Crippen LogP contribution in [0.4, 0.5) is 0 Å². The maximum Gasteiger partial charge on any atom is 0.168 e. The quantitative estimate of drug-likeness (QED) is 0.412. The molecule has 0 aliphatic heterocycles. The number of hydrogen-bond donors (Lipinski definition) is 0. The molecular formula is C11H14N2O. The van der Waals surface area contributed by atoms with Crippen LogP contribution in [0.2, 0.25) is 0 Å². The molecule has 0 atom stereocenters. The summed E-state index contributed by atoms with van der Waals surface area (Å²) in [5.41, 5.74) is 0.734. The van der Waals surface area contributed by atoms with Crippen LogP contribution in [-0.4, -0.2) is 31.1 Å². The Morgan fingerprint density at radius 1 is 1.36 bits per heavy atom. The van der Waals surface area contributed by atoms with E-state index in [-0.39, 0.29) is 5.78 Å². The number of nitrogens with zero attached hydrogens (tertiary/aromatic N) is 2. The fourth-order valence-corrected chi connectivity index (χ4v) is 1.03. The first kappa shape index (κ1) is 10.4. The Morgan fingerprint density at radius 3 is 2.57 bits per heavy atom. The van der Waals surface area contributed by atoms with Gasteiger partial charge in [-0.15, -0.1) is 0 Å². The third-order valence-corrected chi connectivity index (χ3v) is 1.69. The Morgan fingerprint density at radius 2 is 2.00 bits per heavy atom. The van der Waals surface area contributed by atoms with E-state index in [4.69, 9.17) is 0 Å². The minimum atomic E-state index is 0.0937. The SMILES string of the molecule is CN(C)/N=C/CC(=O)c1ccccc1. The Bertz CT molecular complexity index is 317. The second-order valence-electron chi connectivity index (χ2n) is 3.14. The van der Waals surface area contributed by atoms with E-state index in [0.717, 1.165) is 5.56 Å². The Labute approximate surface area is 84.0 Å². The van der Waals surface area contributed by atoms with Crippen molar-refractivity contribution in [2.75, 3.05) is 14.1 Å². The maximum absolute atomic E-state index is 11.5. The van der Waals surface area contributed by atoms with Gasteiger partial charge in [0.1, 0.15) is 0 Å². The van der Waals surface area contributed by atoms with Gasteiger partial charge in [0, 0.05) is 32.3 Å². The van der Waals surface area contributed by atoms with Crippen LogP contribution in [0, 0.1) is 0 Å². The summed E-state index contributed by atoms with van der Waals surface area (Å²) in [6.45, 7) is 0. The minimum Gasteiger partial charge on any atom is -0.303 e. The zero-order valence-corrected chi connectivity index (χ0v) is 8.47. The number of rotatable bonds is 4. The van der Waals surface area contributed by atoms with Crippen LogP contribution in [-0.2, 0) is 0 Å². The molecule has 0 bridgehead atoms. The molecule has 0 saturated heterocycles. The van der Waals surface area contributed by atoms with E-state index in [1.165, 1.54) is 0 Å². The second-order valence-corrected chi connectivity index (χ2v) is 3.14. The average Bonchev–Trinajstić information content (AvgIpc) is 2.18. The molecule has 3 heteroatoms. The summed E-state index contributed by atoms with van der Waals surface area (Å²) in [6.07, 6.45) is 1.97. The normalized spacial score (nSPS) is 10.4. The average molecular weight is 190 g/mol. The molecular weight excluding hydrogens is 176 g/mol. The molecule has 0 aromatic heterocycles. The summed E-state index contributed by atoms with van der Waals surface area (Å²) in [6, 6.07) is 9.23.